The zero-order valence-electron chi connectivity index (χ0n) is 48.1. The molecule has 3 atom stereocenters. The number of amides is 1. The van der Waals surface area contributed by atoms with E-state index in [1.807, 2.05) is 27.2 Å². The number of quaternary nitrogens is 1. The lowest BCUT2D eigenvalue weighted by Gasteiger charge is -2.29. The van der Waals surface area contributed by atoms with Crippen LogP contribution in [0.25, 0.3) is 0 Å². The minimum absolute atomic E-state index is 0.00914. The number of carbonyl (C=O) groups excluding carboxylic acids is 1. The van der Waals surface area contributed by atoms with E-state index >= 15 is 0 Å². The average Bonchev–Trinajstić information content (AvgIpc) is 3.34. The number of phosphoric ester groups is 1. The van der Waals surface area contributed by atoms with Crippen LogP contribution in [0.1, 0.15) is 284 Å². The molecule has 0 saturated carbocycles. The summed E-state index contributed by atoms with van der Waals surface area (Å²) in [6.07, 6.45) is 73.2. The lowest BCUT2D eigenvalue weighted by atomic mass is 10.0. The quantitative estimate of drug-likeness (QED) is 0.0272. The van der Waals surface area contributed by atoms with Gasteiger partial charge >= 0.3 is 0 Å². The summed E-state index contributed by atoms with van der Waals surface area (Å²) in [7, 11) is 1.24. The van der Waals surface area contributed by atoms with E-state index in [1.165, 1.54) is 212 Å². The second-order valence-electron chi connectivity index (χ2n) is 22.0. The van der Waals surface area contributed by atoms with Gasteiger partial charge in [0.2, 0.25) is 5.91 Å². The third kappa shape index (κ3) is 55.9. The van der Waals surface area contributed by atoms with Gasteiger partial charge in [-0.2, -0.15) is 0 Å². The Morgan fingerprint density at radius 1 is 0.486 bits per heavy atom. The molecule has 0 radical (unpaired) electrons. The van der Waals surface area contributed by atoms with E-state index in [0.717, 1.165) is 51.4 Å². The molecule has 3 unspecified atom stereocenters. The van der Waals surface area contributed by atoms with Gasteiger partial charge in [0.05, 0.1) is 39.9 Å². The van der Waals surface area contributed by atoms with Crippen molar-refractivity contribution >= 4 is 13.7 Å². The first kappa shape index (κ1) is 70.2. The van der Waals surface area contributed by atoms with Crippen molar-refractivity contribution in [2.75, 3.05) is 40.9 Å². The van der Waals surface area contributed by atoms with E-state index in [1.54, 1.807) is 6.08 Å². The number of phosphoric acid groups is 1. The van der Waals surface area contributed by atoms with Gasteiger partial charge in [0.1, 0.15) is 13.2 Å². The van der Waals surface area contributed by atoms with Crippen molar-refractivity contribution < 1.29 is 32.9 Å². The molecule has 0 aliphatic rings. The number of aliphatic hydroxyl groups is 1. The van der Waals surface area contributed by atoms with E-state index in [0.29, 0.717) is 17.4 Å². The van der Waals surface area contributed by atoms with E-state index in [4.69, 9.17) is 9.05 Å². The fraction of sp³-hybridized carbons (Fsp3) is 0.825. The summed E-state index contributed by atoms with van der Waals surface area (Å²) in [5.41, 5.74) is 0. The highest BCUT2D eigenvalue weighted by Gasteiger charge is 2.23. The molecule has 0 aromatic heterocycles. The lowest BCUT2D eigenvalue weighted by Crippen LogP contribution is -2.45. The Balaban J connectivity index is 4.08. The molecule has 422 valence electrons. The van der Waals surface area contributed by atoms with E-state index in [9.17, 15) is 19.4 Å². The van der Waals surface area contributed by atoms with Gasteiger partial charge in [-0.1, -0.05) is 261 Å². The summed E-state index contributed by atoms with van der Waals surface area (Å²) in [6.45, 7) is 4.62. The molecule has 0 aliphatic carbocycles. The molecule has 0 aromatic carbocycles. The van der Waals surface area contributed by atoms with Crippen molar-refractivity contribution in [2.24, 2.45) is 0 Å². The monoisotopic (exact) mass is 1030 g/mol. The lowest BCUT2D eigenvalue weighted by molar-refractivity contribution is -0.870. The van der Waals surface area contributed by atoms with Crippen molar-refractivity contribution in [3.8, 4) is 0 Å². The van der Waals surface area contributed by atoms with Crippen LogP contribution in [0.15, 0.2) is 60.8 Å². The standard InChI is InChI=1S/C63H119N2O6P/c1-6-8-10-12-14-16-18-20-22-24-25-26-27-28-29-30-31-32-33-34-35-36-37-38-39-41-43-45-47-49-51-53-55-57-63(67)64-61(60-71-72(68,69)70-59-58-65(3,4)5)62(66)56-54-52-50-48-46-44-42-40-23-21-19-17-15-13-11-9-7-2/h18,20,23-25,40,46,48,54,56,61-62,66H,6-17,19,21-22,26-39,41-45,47,49-53,55,57-60H2,1-5H3,(H-,64,67,68,69)/b20-18-,25-24-,40-23+,48-46+,56-54+. The smallest absolute Gasteiger partial charge is 0.268 e. The van der Waals surface area contributed by atoms with Gasteiger partial charge in [0, 0.05) is 6.42 Å². The number of nitrogens with one attached hydrogen (secondary N) is 1. The number of aliphatic hydroxyl groups excluding tert-OH is 1. The fourth-order valence-electron chi connectivity index (χ4n) is 8.86. The van der Waals surface area contributed by atoms with Crippen LogP contribution < -0.4 is 10.2 Å². The molecule has 0 bridgehead atoms. The number of rotatable bonds is 56. The molecule has 0 aliphatic heterocycles. The molecular formula is C63H119N2O6P. The van der Waals surface area contributed by atoms with Crippen LogP contribution in [0.3, 0.4) is 0 Å². The predicted octanol–water partition coefficient (Wildman–Crippen LogP) is 18.2. The maximum atomic E-state index is 13.0. The van der Waals surface area contributed by atoms with Gasteiger partial charge in [-0.05, 0) is 77.0 Å². The van der Waals surface area contributed by atoms with Crippen LogP contribution >= 0.6 is 7.82 Å². The highest BCUT2D eigenvalue weighted by molar-refractivity contribution is 7.45. The Hall–Kier alpha value is -1.80. The molecule has 0 saturated heterocycles. The van der Waals surface area contributed by atoms with Crippen molar-refractivity contribution in [1.82, 2.24) is 5.32 Å². The molecule has 72 heavy (non-hydrogen) atoms. The van der Waals surface area contributed by atoms with Crippen molar-refractivity contribution in [3.05, 3.63) is 60.8 Å². The number of likely N-dealkylation sites (N-methyl/N-ethyl adjacent to an activating group) is 1. The molecule has 0 fully saturated rings. The first-order valence-corrected chi connectivity index (χ1v) is 32.1. The van der Waals surface area contributed by atoms with Crippen LogP contribution in [0.4, 0.5) is 0 Å². The summed E-state index contributed by atoms with van der Waals surface area (Å²) in [5.74, 6) is -0.208. The molecule has 0 heterocycles. The van der Waals surface area contributed by atoms with Crippen LogP contribution in [0.2, 0.25) is 0 Å². The van der Waals surface area contributed by atoms with Crippen LogP contribution in [-0.4, -0.2) is 68.5 Å². The Labute approximate surface area is 447 Å². The number of carbonyl (C=O) groups is 1. The zero-order valence-corrected chi connectivity index (χ0v) is 49.0. The molecule has 1 amide bonds. The van der Waals surface area contributed by atoms with Crippen LogP contribution in [0, 0.1) is 0 Å². The van der Waals surface area contributed by atoms with Gasteiger partial charge in [0.25, 0.3) is 7.82 Å². The van der Waals surface area contributed by atoms with Gasteiger partial charge in [0.15, 0.2) is 0 Å². The number of hydrogen-bond donors (Lipinski definition) is 2. The predicted molar refractivity (Wildman–Crippen MR) is 311 cm³/mol. The maximum Gasteiger partial charge on any atom is 0.268 e. The van der Waals surface area contributed by atoms with Gasteiger partial charge in [-0.3, -0.25) is 9.36 Å². The maximum absolute atomic E-state index is 13.0. The summed E-state index contributed by atoms with van der Waals surface area (Å²) in [4.78, 5) is 25.5. The Morgan fingerprint density at radius 3 is 1.21 bits per heavy atom. The third-order valence-electron chi connectivity index (χ3n) is 13.7. The first-order chi connectivity index (χ1) is 35.0. The molecule has 0 spiro atoms. The zero-order chi connectivity index (χ0) is 52.7. The third-order valence-corrected chi connectivity index (χ3v) is 14.6. The Bertz CT molecular complexity index is 1360. The molecule has 9 heteroatoms. The normalized spacial score (nSPS) is 14.3. The van der Waals surface area contributed by atoms with Crippen molar-refractivity contribution in [3.63, 3.8) is 0 Å². The second-order valence-corrected chi connectivity index (χ2v) is 23.4. The average molecular weight is 1030 g/mol. The van der Waals surface area contributed by atoms with E-state index < -0.39 is 26.6 Å². The van der Waals surface area contributed by atoms with Crippen molar-refractivity contribution in [2.45, 2.75) is 296 Å². The number of allylic oxidation sites excluding steroid dienone is 9. The molecule has 2 N–H and O–H groups in total. The number of hydrogen-bond acceptors (Lipinski definition) is 6. The van der Waals surface area contributed by atoms with Crippen LogP contribution in [-0.2, 0) is 18.4 Å². The van der Waals surface area contributed by atoms with Crippen LogP contribution in [0.5, 0.6) is 0 Å². The SMILES string of the molecule is CCCCCCC/C=C\C/C=C\CCCCCCCCCCCCCCCCCCCCCCCC(=O)NC(COP(=O)([O-])OCC[N+](C)(C)C)C(O)/C=C/CC/C=C/CC/C=C/CCCCCCCCC. The minimum atomic E-state index is -4.61. The van der Waals surface area contributed by atoms with Gasteiger partial charge < -0.3 is 28.8 Å². The van der Waals surface area contributed by atoms with E-state index in [2.05, 4.69) is 67.8 Å². The number of nitrogens with zero attached hydrogens (tertiary/aromatic N) is 1. The Morgan fingerprint density at radius 2 is 0.819 bits per heavy atom. The van der Waals surface area contributed by atoms with Gasteiger partial charge in [-0.15, -0.1) is 0 Å². The Kier molecular flexibility index (Phi) is 52.7. The highest BCUT2D eigenvalue weighted by Crippen LogP contribution is 2.38. The topological polar surface area (TPSA) is 108 Å². The number of unbranched alkanes of at least 4 members (excludes halogenated alkanes) is 35. The minimum Gasteiger partial charge on any atom is -0.756 e. The molecule has 0 rings (SSSR count). The summed E-state index contributed by atoms with van der Waals surface area (Å²) < 4.78 is 23.3. The van der Waals surface area contributed by atoms with Crippen molar-refractivity contribution in [1.29, 1.82) is 0 Å². The summed E-state index contributed by atoms with van der Waals surface area (Å²) in [6, 6.07) is -0.910. The largest absolute Gasteiger partial charge is 0.756 e. The summed E-state index contributed by atoms with van der Waals surface area (Å²) in [5, 5.41) is 13.9. The molecule has 0 aromatic rings. The van der Waals surface area contributed by atoms with E-state index in [-0.39, 0.29) is 12.5 Å². The summed E-state index contributed by atoms with van der Waals surface area (Å²) >= 11 is 0. The molecular weight excluding hydrogens is 912 g/mol. The first-order valence-electron chi connectivity index (χ1n) is 30.7. The highest BCUT2D eigenvalue weighted by atomic mass is 31.2. The van der Waals surface area contributed by atoms with Gasteiger partial charge in [-0.25, -0.2) is 0 Å². The fourth-order valence-corrected chi connectivity index (χ4v) is 9.59. The molecule has 8 nitrogen and oxygen atoms in total. The second kappa shape index (κ2) is 54.0.